The number of carbonyl (C=O) groups is 1. The summed E-state index contributed by atoms with van der Waals surface area (Å²) in [5.41, 5.74) is 4.51. The molecule has 0 bridgehead atoms. The Balaban J connectivity index is 2.27. The van der Waals surface area contributed by atoms with Gasteiger partial charge in [-0.3, -0.25) is 4.79 Å². The molecule has 3 heteroatoms. The van der Waals surface area contributed by atoms with Crippen molar-refractivity contribution in [1.82, 2.24) is 9.78 Å². The summed E-state index contributed by atoms with van der Waals surface area (Å²) in [4.78, 5) is 12.1. The third kappa shape index (κ3) is 2.39. The summed E-state index contributed by atoms with van der Waals surface area (Å²) < 4.78 is 1.62. The van der Waals surface area contributed by atoms with Crippen molar-refractivity contribution in [1.29, 1.82) is 0 Å². The maximum absolute atomic E-state index is 12.1. The van der Waals surface area contributed by atoms with Crippen molar-refractivity contribution in [3.63, 3.8) is 0 Å². The van der Waals surface area contributed by atoms with Gasteiger partial charge in [0.1, 0.15) is 0 Å². The van der Waals surface area contributed by atoms with E-state index in [-0.39, 0.29) is 5.91 Å². The molecule has 22 heavy (non-hydrogen) atoms. The Morgan fingerprint density at radius 2 is 1.91 bits per heavy atom. The Morgan fingerprint density at radius 1 is 1.23 bits per heavy atom. The topological polar surface area (TPSA) is 34.9 Å². The predicted octanol–water partition coefficient (Wildman–Crippen LogP) is 4.85. The molecule has 0 unspecified atom stereocenters. The molecule has 0 saturated heterocycles. The molecule has 1 aromatic carbocycles. The van der Waals surface area contributed by atoms with Gasteiger partial charge in [-0.25, -0.2) is 0 Å². The fourth-order valence-electron chi connectivity index (χ4n) is 3.67. The van der Waals surface area contributed by atoms with E-state index >= 15 is 0 Å². The molecule has 1 aliphatic carbocycles. The highest BCUT2D eigenvalue weighted by Gasteiger charge is 2.34. The molecule has 1 aromatic heterocycles. The summed E-state index contributed by atoms with van der Waals surface area (Å²) in [5, 5.41) is 4.75. The van der Waals surface area contributed by atoms with Gasteiger partial charge in [-0.1, -0.05) is 51.1 Å². The van der Waals surface area contributed by atoms with Gasteiger partial charge in [0.05, 0.1) is 11.4 Å². The smallest absolute Gasteiger partial charge is 0.244 e. The van der Waals surface area contributed by atoms with Crippen molar-refractivity contribution < 1.29 is 4.79 Å². The van der Waals surface area contributed by atoms with Crippen LogP contribution in [-0.4, -0.2) is 15.7 Å². The highest BCUT2D eigenvalue weighted by molar-refractivity contribution is 5.83. The molecular weight excluding hydrogens is 272 g/mol. The lowest BCUT2D eigenvalue weighted by Crippen LogP contribution is -2.16. The van der Waals surface area contributed by atoms with Gasteiger partial charge in [0.15, 0.2) is 0 Å². The van der Waals surface area contributed by atoms with Crippen LogP contribution >= 0.6 is 0 Å². The molecule has 0 spiro atoms. The number of hydrogen-bond acceptors (Lipinski definition) is 2. The van der Waals surface area contributed by atoms with Crippen molar-refractivity contribution in [2.75, 3.05) is 0 Å². The van der Waals surface area contributed by atoms with Crippen LogP contribution in [0, 0.1) is 5.92 Å². The molecule has 0 radical (unpaired) electrons. The first kappa shape index (κ1) is 15.0. The first-order valence-corrected chi connectivity index (χ1v) is 8.19. The second-order valence-corrected chi connectivity index (χ2v) is 6.77. The third-order valence-electron chi connectivity index (χ3n) is 4.86. The lowest BCUT2D eigenvalue weighted by atomic mass is 9.75. The van der Waals surface area contributed by atoms with E-state index in [0.717, 1.165) is 23.4 Å². The first-order valence-electron chi connectivity index (χ1n) is 8.19. The molecular formula is C19H24N2O. The van der Waals surface area contributed by atoms with Gasteiger partial charge in [0.25, 0.3) is 0 Å². The van der Waals surface area contributed by atoms with Gasteiger partial charge in [-0.2, -0.15) is 9.78 Å². The molecule has 2 atom stereocenters. The second-order valence-electron chi connectivity index (χ2n) is 6.77. The largest absolute Gasteiger partial charge is 0.273 e. The molecule has 0 fully saturated rings. The SMILES string of the molecule is CC(=O)n1nc2c(c1-c1ccccc1)[C@H](C)CC[C@H]2C(C)C. The summed E-state index contributed by atoms with van der Waals surface area (Å²) in [5.74, 6) is 1.44. The van der Waals surface area contributed by atoms with Crippen LogP contribution in [0.5, 0.6) is 0 Å². The van der Waals surface area contributed by atoms with Crippen LogP contribution in [-0.2, 0) is 0 Å². The minimum absolute atomic E-state index is 0.0111. The highest BCUT2D eigenvalue weighted by atomic mass is 16.2. The number of fused-ring (bicyclic) bond motifs is 1. The van der Waals surface area contributed by atoms with Gasteiger partial charge >= 0.3 is 0 Å². The number of hydrogen-bond donors (Lipinski definition) is 0. The van der Waals surface area contributed by atoms with Gasteiger partial charge < -0.3 is 0 Å². The number of benzene rings is 1. The Hall–Kier alpha value is -1.90. The number of carbonyl (C=O) groups excluding carboxylic acids is 1. The van der Waals surface area contributed by atoms with Gasteiger partial charge in [-0.05, 0) is 24.7 Å². The number of nitrogens with zero attached hydrogens (tertiary/aromatic N) is 2. The molecule has 0 saturated carbocycles. The van der Waals surface area contributed by atoms with Gasteiger partial charge in [-0.15, -0.1) is 0 Å². The van der Waals surface area contributed by atoms with Gasteiger partial charge in [0.2, 0.25) is 5.91 Å². The van der Waals surface area contributed by atoms with E-state index in [9.17, 15) is 4.79 Å². The maximum Gasteiger partial charge on any atom is 0.244 e. The summed E-state index contributed by atoms with van der Waals surface area (Å²) in [6.07, 6.45) is 2.33. The Labute approximate surface area is 132 Å². The van der Waals surface area contributed by atoms with E-state index < -0.39 is 0 Å². The zero-order chi connectivity index (χ0) is 15.9. The molecule has 0 amide bonds. The predicted molar refractivity (Wildman–Crippen MR) is 89.2 cm³/mol. The van der Waals surface area contributed by atoms with Crippen molar-refractivity contribution in [3.8, 4) is 11.3 Å². The van der Waals surface area contributed by atoms with Crippen molar-refractivity contribution in [2.24, 2.45) is 5.92 Å². The van der Waals surface area contributed by atoms with Crippen molar-refractivity contribution in [3.05, 3.63) is 41.6 Å². The van der Waals surface area contributed by atoms with E-state index in [2.05, 4.69) is 32.9 Å². The average molecular weight is 296 g/mol. The fraction of sp³-hybridized carbons (Fsp3) is 0.474. The van der Waals surface area contributed by atoms with E-state index in [1.165, 1.54) is 12.0 Å². The quantitative estimate of drug-likeness (QED) is 0.794. The Kier molecular flexibility index (Phi) is 3.90. The molecule has 3 rings (SSSR count). The van der Waals surface area contributed by atoms with E-state index in [1.54, 1.807) is 11.6 Å². The lowest BCUT2D eigenvalue weighted by Gasteiger charge is -2.28. The zero-order valence-corrected chi connectivity index (χ0v) is 13.8. The minimum Gasteiger partial charge on any atom is -0.273 e. The first-order chi connectivity index (χ1) is 10.5. The molecule has 1 aliphatic rings. The van der Waals surface area contributed by atoms with Crippen molar-refractivity contribution >= 4 is 5.91 Å². The van der Waals surface area contributed by atoms with Crippen LogP contribution in [0.4, 0.5) is 0 Å². The monoisotopic (exact) mass is 296 g/mol. The standard InChI is InChI=1S/C19H24N2O/c1-12(2)16-11-10-13(3)17-18(16)20-21(14(4)22)19(17)15-8-6-5-7-9-15/h5-9,12-13,16H,10-11H2,1-4H3/t13-,16+/m1/s1. The second kappa shape index (κ2) is 5.71. The van der Waals surface area contributed by atoms with Crippen LogP contribution in [0.1, 0.15) is 68.4 Å². The maximum atomic E-state index is 12.1. The average Bonchev–Trinajstić information content (AvgIpc) is 2.89. The van der Waals surface area contributed by atoms with E-state index in [1.807, 2.05) is 18.2 Å². The summed E-state index contributed by atoms with van der Waals surface area (Å²) in [7, 11) is 0. The normalized spacial score (nSPS) is 21.0. The van der Waals surface area contributed by atoms with Crippen molar-refractivity contribution in [2.45, 2.75) is 52.4 Å². The minimum atomic E-state index is -0.0111. The molecule has 1 heterocycles. The summed E-state index contributed by atoms with van der Waals surface area (Å²) in [6, 6.07) is 10.2. The van der Waals surface area contributed by atoms with E-state index in [0.29, 0.717) is 17.8 Å². The van der Waals surface area contributed by atoms with Crippen LogP contribution in [0.15, 0.2) is 30.3 Å². The summed E-state index contributed by atoms with van der Waals surface area (Å²) >= 11 is 0. The summed E-state index contributed by atoms with van der Waals surface area (Å²) in [6.45, 7) is 8.35. The van der Waals surface area contributed by atoms with Crippen LogP contribution < -0.4 is 0 Å². The molecule has 0 aliphatic heterocycles. The van der Waals surface area contributed by atoms with E-state index in [4.69, 9.17) is 5.10 Å². The lowest BCUT2D eigenvalue weighted by molar-refractivity contribution is 0.0922. The zero-order valence-electron chi connectivity index (χ0n) is 13.8. The fourth-order valence-corrected chi connectivity index (χ4v) is 3.67. The molecule has 116 valence electrons. The van der Waals surface area contributed by atoms with Crippen LogP contribution in [0.2, 0.25) is 0 Å². The van der Waals surface area contributed by atoms with Crippen LogP contribution in [0.25, 0.3) is 11.3 Å². The molecule has 0 N–H and O–H groups in total. The molecule has 2 aromatic rings. The number of aromatic nitrogens is 2. The number of rotatable bonds is 2. The van der Waals surface area contributed by atoms with Crippen LogP contribution in [0.3, 0.4) is 0 Å². The molecule has 3 nitrogen and oxygen atoms in total. The Bertz CT molecular complexity index is 685. The third-order valence-corrected chi connectivity index (χ3v) is 4.86. The highest BCUT2D eigenvalue weighted by Crippen LogP contribution is 2.45. The Morgan fingerprint density at radius 3 is 2.50 bits per heavy atom. The van der Waals surface area contributed by atoms with Gasteiger partial charge in [0, 0.05) is 24.0 Å².